The van der Waals surface area contributed by atoms with Gasteiger partial charge < -0.3 is 8.83 Å². The van der Waals surface area contributed by atoms with Crippen molar-refractivity contribution in [2.45, 2.75) is 78.1 Å². The molecular weight excluding hydrogens is 585 g/mol. The van der Waals surface area contributed by atoms with Gasteiger partial charge in [-0.2, -0.15) is 0 Å². The first-order chi connectivity index (χ1) is 23.7. The fourth-order valence-corrected chi connectivity index (χ4v) is 6.91. The van der Waals surface area contributed by atoms with Gasteiger partial charge in [0.2, 0.25) is 0 Å². The van der Waals surface area contributed by atoms with Crippen molar-refractivity contribution in [2.75, 3.05) is 0 Å². The van der Waals surface area contributed by atoms with E-state index in [-0.39, 0.29) is 0 Å². The lowest BCUT2D eigenvalue weighted by Gasteiger charge is -2.08. The fraction of sp³-hybridized carbons (Fsp3) is 0.261. The number of furan rings is 2. The Labute approximate surface area is 286 Å². The predicted molar refractivity (Wildman–Crippen MR) is 202 cm³/mol. The van der Waals surface area contributed by atoms with E-state index in [2.05, 4.69) is 135 Å². The third-order valence-electron chi connectivity index (χ3n) is 9.59. The van der Waals surface area contributed by atoms with Gasteiger partial charge in [0.1, 0.15) is 23.0 Å². The van der Waals surface area contributed by atoms with Crippen LogP contribution in [0.15, 0.2) is 118 Å². The molecule has 1 aliphatic rings. The van der Waals surface area contributed by atoms with Crippen LogP contribution in [0.3, 0.4) is 0 Å². The standard InChI is InChI=1S/C46H46O2/c1-3-5-19-41-31-43-37-21-9-17-35(27-37)25-26-36-18-10-22-38(28-36)44-32-42(20-6-4-2)46(48-44)40-24-12-16-34(30-40)14-8-7-13-33-15-11-23-39(29-33)45(41)47-43/h9-12,15-18,21-32H,3-8,13-14,19-20H2,1-2H3/b26-25-. The average molecular weight is 631 g/mol. The predicted octanol–water partition coefficient (Wildman–Crippen LogP) is 13.3. The summed E-state index contributed by atoms with van der Waals surface area (Å²) < 4.78 is 13.4. The largest absolute Gasteiger partial charge is 0.456 e. The molecule has 0 spiro atoms. The molecule has 0 amide bonds. The maximum atomic E-state index is 6.70. The van der Waals surface area contributed by atoms with Gasteiger partial charge in [-0.15, -0.1) is 0 Å². The Morgan fingerprint density at radius 1 is 0.479 bits per heavy atom. The Balaban J connectivity index is 1.30. The quantitative estimate of drug-likeness (QED) is 0.183. The summed E-state index contributed by atoms with van der Waals surface area (Å²) >= 11 is 0. The number of rotatable bonds is 6. The molecule has 12 bridgehead atoms. The summed E-state index contributed by atoms with van der Waals surface area (Å²) in [4.78, 5) is 0. The highest BCUT2D eigenvalue weighted by Crippen LogP contribution is 2.37. The molecule has 3 heterocycles. The second-order valence-electron chi connectivity index (χ2n) is 13.3. The van der Waals surface area contributed by atoms with Crippen molar-refractivity contribution in [3.63, 3.8) is 0 Å². The lowest BCUT2D eigenvalue weighted by Crippen LogP contribution is -1.92. The van der Waals surface area contributed by atoms with Crippen LogP contribution >= 0.6 is 0 Å². The van der Waals surface area contributed by atoms with E-state index in [4.69, 9.17) is 8.83 Å². The second-order valence-corrected chi connectivity index (χ2v) is 13.3. The molecule has 7 rings (SSSR count). The summed E-state index contributed by atoms with van der Waals surface area (Å²) in [6.45, 7) is 4.51. The van der Waals surface area contributed by atoms with Crippen LogP contribution < -0.4 is 0 Å². The van der Waals surface area contributed by atoms with E-state index in [0.29, 0.717) is 0 Å². The van der Waals surface area contributed by atoms with E-state index in [0.717, 1.165) is 110 Å². The van der Waals surface area contributed by atoms with Crippen molar-refractivity contribution in [3.05, 3.63) is 143 Å². The lowest BCUT2D eigenvalue weighted by atomic mass is 9.98. The lowest BCUT2D eigenvalue weighted by molar-refractivity contribution is 0.592. The molecule has 0 saturated heterocycles. The minimum absolute atomic E-state index is 0.933. The zero-order valence-electron chi connectivity index (χ0n) is 28.4. The molecule has 48 heavy (non-hydrogen) atoms. The fourth-order valence-electron chi connectivity index (χ4n) is 6.91. The maximum absolute atomic E-state index is 6.70. The van der Waals surface area contributed by atoms with Gasteiger partial charge in [-0.05, 0) is 121 Å². The summed E-state index contributed by atoms with van der Waals surface area (Å²) in [7, 11) is 0. The van der Waals surface area contributed by atoms with E-state index >= 15 is 0 Å². The first-order valence-corrected chi connectivity index (χ1v) is 18.0. The van der Waals surface area contributed by atoms with Gasteiger partial charge in [0.15, 0.2) is 0 Å². The highest BCUT2D eigenvalue weighted by molar-refractivity contribution is 5.77. The van der Waals surface area contributed by atoms with Gasteiger partial charge in [-0.1, -0.05) is 112 Å². The number of unbranched alkanes of at least 4 members (excludes halogenated alkanes) is 2. The molecule has 6 aromatic rings. The first-order valence-electron chi connectivity index (χ1n) is 18.0. The van der Waals surface area contributed by atoms with Crippen molar-refractivity contribution in [3.8, 4) is 45.3 Å². The highest BCUT2D eigenvalue weighted by Gasteiger charge is 2.17. The van der Waals surface area contributed by atoms with Crippen LogP contribution in [-0.2, 0) is 25.7 Å². The Hall–Kier alpha value is -4.82. The average Bonchev–Trinajstić information content (AvgIpc) is 3.76. The normalized spacial score (nSPS) is 13.5. The second kappa shape index (κ2) is 14.9. The monoisotopic (exact) mass is 630 g/mol. The van der Waals surface area contributed by atoms with Crippen molar-refractivity contribution < 1.29 is 8.83 Å². The van der Waals surface area contributed by atoms with Gasteiger partial charge >= 0.3 is 0 Å². The Kier molecular flexibility index (Phi) is 9.89. The molecule has 0 saturated carbocycles. The zero-order chi connectivity index (χ0) is 32.7. The van der Waals surface area contributed by atoms with Gasteiger partial charge in [-0.3, -0.25) is 0 Å². The molecule has 242 valence electrons. The first kappa shape index (κ1) is 31.8. The molecule has 0 radical (unpaired) electrons. The Morgan fingerprint density at radius 2 is 0.917 bits per heavy atom. The minimum atomic E-state index is 0.933. The molecule has 2 nitrogen and oxygen atoms in total. The third kappa shape index (κ3) is 7.34. The maximum Gasteiger partial charge on any atom is 0.138 e. The summed E-state index contributed by atoms with van der Waals surface area (Å²) in [5.74, 6) is 3.90. The molecule has 0 fully saturated rings. The third-order valence-corrected chi connectivity index (χ3v) is 9.59. The van der Waals surface area contributed by atoms with E-state index in [1.807, 2.05) is 0 Å². The molecule has 0 aliphatic carbocycles. The molecule has 2 aromatic heterocycles. The molecule has 4 aromatic carbocycles. The number of hydrogen-bond acceptors (Lipinski definition) is 2. The van der Waals surface area contributed by atoms with Crippen molar-refractivity contribution in [2.24, 2.45) is 0 Å². The van der Waals surface area contributed by atoms with E-state index in [1.165, 1.54) is 33.4 Å². The number of fused-ring (bicyclic) bond motifs is 16. The Bertz CT molecular complexity index is 1870. The van der Waals surface area contributed by atoms with Crippen LogP contribution in [0.2, 0.25) is 0 Å². The van der Waals surface area contributed by atoms with Crippen LogP contribution in [0.5, 0.6) is 0 Å². The molecule has 0 atom stereocenters. The van der Waals surface area contributed by atoms with Crippen LogP contribution in [0, 0.1) is 0 Å². The van der Waals surface area contributed by atoms with Gasteiger partial charge in [0, 0.05) is 22.3 Å². The molecule has 2 heteroatoms. The number of aryl methyl sites for hydroxylation is 4. The van der Waals surface area contributed by atoms with Gasteiger partial charge in [0.25, 0.3) is 0 Å². The zero-order valence-corrected chi connectivity index (χ0v) is 28.4. The van der Waals surface area contributed by atoms with Gasteiger partial charge in [-0.25, -0.2) is 0 Å². The van der Waals surface area contributed by atoms with E-state index in [1.54, 1.807) is 0 Å². The van der Waals surface area contributed by atoms with E-state index in [9.17, 15) is 0 Å². The van der Waals surface area contributed by atoms with Crippen molar-refractivity contribution in [1.29, 1.82) is 0 Å². The number of hydrogen-bond donors (Lipinski definition) is 0. The number of benzene rings is 4. The van der Waals surface area contributed by atoms with Crippen LogP contribution in [0.1, 0.15) is 85.8 Å². The topological polar surface area (TPSA) is 26.3 Å². The summed E-state index contributed by atoms with van der Waals surface area (Å²) in [5.41, 5.74) is 12.2. The van der Waals surface area contributed by atoms with Crippen LogP contribution in [-0.4, -0.2) is 0 Å². The van der Waals surface area contributed by atoms with Crippen molar-refractivity contribution >= 4 is 12.2 Å². The molecule has 1 aliphatic heterocycles. The smallest absolute Gasteiger partial charge is 0.138 e. The van der Waals surface area contributed by atoms with E-state index < -0.39 is 0 Å². The van der Waals surface area contributed by atoms with Crippen molar-refractivity contribution in [1.82, 2.24) is 0 Å². The Morgan fingerprint density at radius 3 is 1.38 bits per heavy atom. The van der Waals surface area contributed by atoms with Crippen LogP contribution in [0.4, 0.5) is 0 Å². The molecular formula is C46H46O2. The summed E-state index contributed by atoms with van der Waals surface area (Å²) in [6, 6.07) is 39.9. The molecule has 0 unspecified atom stereocenters. The molecule has 0 N–H and O–H groups in total. The summed E-state index contributed by atoms with van der Waals surface area (Å²) in [6.07, 6.45) is 15.4. The summed E-state index contributed by atoms with van der Waals surface area (Å²) in [5, 5.41) is 0. The minimum Gasteiger partial charge on any atom is -0.456 e. The van der Waals surface area contributed by atoms with Gasteiger partial charge in [0.05, 0.1) is 0 Å². The highest BCUT2D eigenvalue weighted by atomic mass is 16.3. The SMILES string of the molecule is CCCCc1cc2oc1-c1cccc(c1)CCCCc1cccc(c1)-c1oc(cc1CCCC)-c1cccc(c1)/C=C\c1cccc-2c1. The van der Waals surface area contributed by atoms with Crippen LogP contribution in [0.25, 0.3) is 57.4 Å².